The van der Waals surface area contributed by atoms with E-state index in [0.717, 1.165) is 52.0 Å². The van der Waals surface area contributed by atoms with Crippen LogP contribution in [0.25, 0.3) is 0 Å². The van der Waals surface area contributed by atoms with E-state index in [0.29, 0.717) is 18.1 Å². The van der Waals surface area contributed by atoms with E-state index in [1.54, 1.807) is 0 Å². The van der Waals surface area contributed by atoms with Gasteiger partial charge in [-0.05, 0) is 32.6 Å². The Morgan fingerprint density at radius 3 is 2.79 bits per heavy atom. The van der Waals surface area contributed by atoms with Crippen LogP contribution in [0.4, 0.5) is 0 Å². The van der Waals surface area contributed by atoms with Crippen molar-refractivity contribution in [2.75, 3.05) is 26.4 Å². The Morgan fingerprint density at radius 2 is 2.16 bits per heavy atom. The molecule has 2 unspecified atom stereocenters. The van der Waals surface area contributed by atoms with Crippen LogP contribution < -0.4 is 11.1 Å². The largest absolute Gasteiger partial charge is 0.381 e. The maximum absolute atomic E-state index is 5.95. The Labute approximate surface area is 115 Å². The van der Waals surface area contributed by atoms with Gasteiger partial charge < -0.3 is 20.5 Å². The van der Waals surface area contributed by atoms with Crippen LogP contribution in [0.15, 0.2) is 4.99 Å². The number of guanidine groups is 1. The summed E-state index contributed by atoms with van der Waals surface area (Å²) in [6.07, 6.45) is 4.49. The van der Waals surface area contributed by atoms with Crippen molar-refractivity contribution in [1.82, 2.24) is 5.32 Å². The molecule has 3 N–H and O–H groups in total. The number of nitrogens with one attached hydrogen (secondary N) is 1. The Kier molecular flexibility index (Phi) is 5.05. The van der Waals surface area contributed by atoms with Gasteiger partial charge in [-0.2, -0.15) is 0 Å². The molecule has 0 bridgehead atoms. The molecule has 0 aromatic heterocycles. The van der Waals surface area contributed by atoms with Crippen molar-refractivity contribution in [2.24, 2.45) is 16.1 Å². The van der Waals surface area contributed by atoms with E-state index in [4.69, 9.17) is 15.2 Å². The third-order valence-electron chi connectivity index (χ3n) is 4.40. The van der Waals surface area contributed by atoms with Gasteiger partial charge in [-0.1, -0.05) is 6.92 Å². The molecule has 1 heterocycles. The van der Waals surface area contributed by atoms with Crippen LogP contribution in [-0.4, -0.2) is 44.5 Å². The van der Waals surface area contributed by atoms with Crippen molar-refractivity contribution in [3.63, 3.8) is 0 Å². The molecular weight excluding hydrogens is 242 g/mol. The lowest BCUT2D eigenvalue weighted by atomic mass is 9.57. The van der Waals surface area contributed by atoms with Crippen LogP contribution in [0.1, 0.15) is 39.5 Å². The number of nitrogens with two attached hydrogens (primary N) is 1. The monoisotopic (exact) mass is 269 g/mol. The highest BCUT2D eigenvalue weighted by molar-refractivity contribution is 5.78. The number of ether oxygens (including phenoxy) is 2. The molecule has 0 aromatic carbocycles. The smallest absolute Gasteiger partial charge is 0.188 e. The fourth-order valence-corrected chi connectivity index (χ4v) is 3.26. The third kappa shape index (κ3) is 3.03. The highest BCUT2D eigenvalue weighted by Gasteiger charge is 2.56. The molecule has 110 valence electrons. The molecule has 2 atom stereocenters. The molecular formula is C14H27N3O2. The topological polar surface area (TPSA) is 68.9 Å². The SMILES string of the molecule is CCCN=C(N)NC1CC(OCC)C12CCOCC2. The second-order valence-corrected chi connectivity index (χ2v) is 5.49. The molecule has 2 aliphatic rings. The Morgan fingerprint density at radius 1 is 1.42 bits per heavy atom. The van der Waals surface area contributed by atoms with Gasteiger partial charge in [0.15, 0.2) is 5.96 Å². The van der Waals surface area contributed by atoms with Gasteiger partial charge in [0.1, 0.15) is 0 Å². The van der Waals surface area contributed by atoms with E-state index < -0.39 is 0 Å². The molecule has 1 spiro atoms. The summed E-state index contributed by atoms with van der Waals surface area (Å²) in [6.45, 7) is 7.38. The van der Waals surface area contributed by atoms with Gasteiger partial charge in [-0.15, -0.1) is 0 Å². The lowest BCUT2D eigenvalue weighted by molar-refractivity contribution is -0.169. The van der Waals surface area contributed by atoms with Crippen molar-refractivity contribution in [2.45, 2.75) is 51.7 Å². The van der Waals surface area contributed by atoms with Crippen LogP contribution >= 0.6 is 0 Å². The average molecular weight is 269 g/mol. The van der Waals surface area contributed by atoms with E-state index >= 15 is 0 Å². The van der Waals surface area contributed by atoms with Crippen LogP contribution in [0.3, 0.4) is 0 Å². The summed E-state index contributed by atoms with van der Waals surface area (Å²) in [5.74, 6) is 0.577. The first kappa shape index (κ1) is 14.6. The first-order valence-corrected chi connectivity index (χ1v) is 7.48. The lowest BCUT2D eigenvalue weighted by Crippen LogP contribution is -2.67. The zero-order chi connectivity index (χ0) is 13.7. The predicted octanol–water partition coefficient (Wildman–Crippen LogP) is 1.27. The number of hydrogen-bond acceptors (Lipinski definition) is 3. The van der Waals surface area contributed by atoms with Gasteiger partial charge in [-0.3, -0.25) is 4.99 Å². The normalized spacial score (nSPS) is 30.1. The molecule has 0 aromatic rings. The number of hydrogen-bond donors (Lipinski definition) is 2. The maximum atomic E-state index is 5.95. The maximum Gasteiger partial charge on any atom is 0.188 e. The summed E-state index contributed by atoms with van der Waals surface area (Å²) in [5, 5.41) is 3.39. The summed E-state index contributed by atoms with van der Waals surface area (Å²) in [4.78, 5) is 4.32. The summed E-state index contributed by atoms with van der Waals surface area (Å²) in [5.41, 5.74) is 6.14. The van der Waals surface area contributed by atoms with Crippen molar-refractivity contribution >= 4 is 5.96 Å². The Hall–Kier alpha value is -0.810. The molecule has 2 rings (SSSR count). The minimum atomic E-state index is 0.195. The molecule has 1 saturated carbocycles. The van der Waals surface area contributed by atoms with Gasteiger partial charge in [0.25, 0.3) is 0 Å². The van der Waals surface area contributed by atoms with Crippen molar-refractivity contribution in [1.29, 1.82) is 0 Å². The van der Waals surface area contributed by atoms with E-state index in [9.17, 15) is 0 Å². The van der Waals surface area contributed by atoms with Crippen LogP contribution in [0.5, 0.6) is 0 Å². The highest BCUT2D eigenvalue weighted by Crippen LogP contribution is 2.50. The van der Waals surface area contributed by atoms with Crippen molar-refractivity contribution in [3.05, 3.63) is 0 Å². The summed E-state index contributed by atoms with van der Waals surface area (Å²) >= 11 is 0. The fraction of sp³-hybridized carbons (Fsp3) is 0.929. The second-order valence-electron chi connectivity index (χ2n) is 5.49. The van der Waals surface area contributed by atoms with E-state index in [2.05, 4.69) is 24.2 Å². The quantitative estimate of drug-likeness (QED) is 0.582. The minimum Gasteiger partial charge on any atom is -0.381 e. The Balaban J connectivity index is 1.97. The number of aliphatic imine (C=N–C) groups is 1. The van der Waals surface area contributed by atoms with Gasteiger partial charge in [0.2, 0.25) is 0 Å². The van der Waals surface area contributed by atoms with E-state index in [-0.39, 0.29) is 5.41 Å². The lowest BCUT2D eigenvalue weighted by Gasteiger charge is -2.57. The molecule has 1 aliphatic carbocycles. The van der Waals surface area contributed by atoms with Gasteiger partial charge in [0, 0.05) is 37.8 Å². The number of nitrogens with zero attached hydrogens (tertiary/aromatic N) is 1. The molecule has 0 amide bonds. The fourth-order valence-electron chi connectivity index (χ4n) is 3.26. The van der Waals surface area contributed by atoms with Crippen LogP contribution in [0.2, 0.25) is 0 Å². The van der Waals surface area contributed by atoms with Gasteiger partial charge in [-0.25, -0.2) is 0 Å². The molecule has 1 saturated heterocycles. The molecule has 1 aliphatic heterocycles. The molecule has 2 fully saturated rings. The summed E-state index contributed by atoms with van der Waals surface area (Å²) in [7, 11) is 0. The summed E-state index contributed by atoms with van der Waals surface area (Å²) < 4.78 is 11.4. The van der Waals surface area contributed by atoms with E-state index in [1.807, 2.05) is 0 Å². The van der Waals surface area contributed by atoms with Gasteiger partial charge in [0.05, 0.1) is 6.10 Å². The zero-order valence-electron chi connectivity index (χ0n) is 12.2. The molecule has 19 heavy (non-hydrogen) atoms. The first-order chi connectivity index (χ1) is 9.23. The third-order valence-corrected chi connectivity index (χ3v) is 4.40. The minimum absolute atomic E-state index is 0.195. The van der Waals surface area contributed by atoms with Crippen molar-refractivity contribution in [3.8, 4) is 0 Å². The zero-order valence-corrected chi connectivity index (χ0v) is 12.2. The molecule has 0 radical (unpaired) electrons. The average Bonchev–Trinajstić information content (AvgIpc) is 2.45. The van der Waals surface area contributed by atoms with Crippen LogP contribution in [0, 0.1) is 5.41 Å². The van der Waals surface area contributed by atoms with Crippen LogP contribution in [-0.2, 0) is 9.47 Å². The van der Waals surface area contributed by atoms with Crippen molar-refractivity contribution < 1.29 is 9.47 Å². The predicted molar refractivity (Wildman–Crippen MR) is 76.2 cm³/mol. The molecule has 5 heteroatoms. The number of rotatable bonds is 5. The Bertz CT molecular complexity index is 314. The van der Waals surface area contributed by atoms with E-state index in [1.165, 1.54) is 0 Å². The summed E-state index contributed by atoms with van der Waals surface area (Å²) in [6, 6.07) is 0.383. The molecule has 5 nitrogen and oxygen atoms in total. The second kappa shape index (κ2) is 6.57. The highest BCUT2D eigenvalue weighted by atomic mass is 16.5. The van der Waals surface area contributed by atoms with Gasteiger partial charge >= 0.3 is 0 Å². The first-order valence-electron chi connectivity index (χ1n) is 7.48. The standard InChI is InChI=1S/C14H27N3O2/c1-3-7-16-13(15)17-11-10-12(19-4-2)14(11)5-8-18-9-6-14/h11-12H,3-10H2,1-2H3,(H3,15,16,17).